The summed E-state index contributed by atoms with van der Waals surface area (Å²) in [5.41, 5.74) is -2.09. The third kappa shape index (κ3) is 8.29. The average molecular weight is 604 g/mol. The van der Waals surface area contributed by atoms with Crippen molar-refractivity contribution in [2.45, 2.75) is 71.2 Å². The van der Waals surface area contributed by atoms with Gasteiger partial charge in [-0.3, -0.25) is 29.9 Å². The molecule has 0 bridgehead atoms. The van der Waals surface area contributed by atoms with Crippen LogP contribution >= 0.6 is 11.3 Å². The van der Waals surface area contributed by atoms with Gasteiger partial charge in [-0.2, -0.15) is 0 Å². The van der Waals surface area contributed by atoms with Gasteiger partial charge in [-0.1, -0.05) is 13.8 Å². The zero-order valence-electron chi connectivity index (χ0n) is 23.7. The number of alkyl carbamates (subject to hydrolysis) is 1. The van der Waals surface area contributed by atoms with E-state index in [1.165, 1.54) is 18.7 Å². The van der Waals surface area contributed by atoms with Crippen molar-refractivity contribution in [1.82, 2.24) is 20.3 Å². The van der Waals surface area contributed by atoms with Crippen LogP contribution in [0, 0.1) is 26.1 Å². The van der Waals surface area contributed by atoms with Crippen LogP contribution in [0.2, 0.25) is 0 Å². The number of imidazole rings is 1. The molecule has 42 heavy (non-hydrogen) atoms. The number of amides is 2. The third-order valence-corrected chi connectivity index (χ3v) is 6.78. The number of nitro benzene ring substituents is 2. The number of carbonyl (C=O) groups excluding carboxylic acids is 2. The molecule has 1 aromatic carbocycles. The van der Waals surface area contributed by atoms with Gasteiger partial charge in [0.15, 0.2) is 0 Å². The van der Waals surface area contributed by atoms with Crippen molar-refractivity contribution in [2.24, 2.45) is 5.92 Å². The molecule has 0 spiro atoms. The Hall–Kier alpha value is -4.44. The number of carbonyl (C=O) groups is 2. The molecule has 226 valence electrons. The molecule has 16 heteroatoms. The van der Waals surface area contributed by atoms with Gasteiger partial charge in [-0.15, -0.1) is 11.3 Å². The normalized spacial score (nSPS) is 13.7. The van der Waals surface area contributed by atoms with Gasteiger partial charge < -0.3 is 20.1 Å². The number of benzene rings is 1. The predicted octanol–water partition coefficient (Wildman–Crippen LogP) is 4.30. The molecule has 2 heterocycles. The molecule has 3 aromatic rings. The van der Waals surface area contributed by atoms with Crippen molar-refractivity contribution < 1.29 is 29.3 Å². The van der Waals surface area contributed by atoms with E-state index in [-0.39, 0.29) is 29.5 Å². The number of ether oxygens (including phenoxy) is 1. The fourth-order valence-corrected chi connectivity index (χ4v) is 4.95. The van der Waals surface area contributed by atoms with Gasteiger partial charge in [-0.25, -0.2) is 14.8 Å². The molecule has 2 amide bonds. The molecule has 3 atom stereocenters. The molecule has 3 rings (SSSR count). The Bertz CT molecular complexity index is 1390. The lowest BCUT2D eigenvalue weighted by atomic mass is 9.95. The monoisotopic (exact) mass is 603 g/mol. The van der Waals surface area contributed by atoms with Gasteiger partial charge in [0.1, 0.15) is 28.4 Å². The summed E-state index contributed by atoms with van der Waals surface area (Å²) in [7, 11) is 0. The Kier molecular flexibility index (Phi) is 10.3. The van der Waals surface area contributed by atoms with Gasteiger partial charge in [0.2, 0.25) is 0 Å². The van der Waals surface area contributed by atoms with E-state index in [9.17, 15) is 34.9 Å². The molecule has 0 saturated heterocycles. The molecular formula is C26H33N7O8S. The van der Waals surface area contributed by atoms with Crippen LogP contribution in [0.3, 0.4) is 0 Å². The molecule has 0 aliphatic heterocycles. The maximum atomic E-state index is 14.5. The first-order valence-electron chi connectivity index (χ1n) is 13.0. The minimum atomic E-state index is -1.39. The largest absolute Gasteiger partial charge is 0.444 e. The SMILES string of the molecule is CC(C)C[C@@H]([C@@H](O)c1nccs1)N(C(=O)[C@H](Cc1c[nH]cn1)NC(=O)OC(C)(C)C)c1ccc([N+](=O)[O-])cc1[N+](=O)[O-]. The molecular weight excluding hydrogens is 570 g/mol. The number of hydrogen-bond acceptors (Lipinski definition) is 11. The summed E-state index contributed by atoms with van der Waals surface area (Å²) in [6.45, 7) is 8.62. The van der Waals surface area contributed by atoms with Crippen molar-refractivity contribution in [3.8, 4) is 0 Å². The van der Waals surface area contributed by atoms with E-state index >= 15 is 0 Å². The molecule has 0 aliphatic carbocycles. The molecule has 2 aromatic heterocycles. The Morgan fingerprint density at radius 1 is 1.19 bits per heavy atom. The summed E-state index contributed by atoms with van der Waals surface area (Å²) in [6, 6.07) is 0.397. The molecule has 0 radical (unpaired) electrons. The zero-order chi connectivity index (χ0) is 31.2. The summed E-state index contributed by atoms with van der Waals surface area (Å²) >= 11 is 1.13. The van der Waals surface area contributed by atoms with Crippen LogP contribution in [0.15, 0.2) is 42.3 Å². The highest BCUT2D eigenvalue weighted by atomic mass is 32.1. The Labute approximate surface area is 245 Å². The number of hydrogen-bond donors (Lipinski definition) is 3. The zero-order valence-corrected chi connectivity index (χ0v) is 24.5. The Morgan fingerprint density at radius 3 is 2.43 bits per heavy atom. The number of aliphatic hydroxyl groups excluding tert-OH is 1. The quantitative estimate of drug-likeness (QED) is 0.197. The number of non-ortho nitro benzene ring substituents is 1. The van der Waals surface area contributed by atoms with Crippen molar-refractivity contribution in [3.63, 3.8) is 0 Å². The number of aliphatic hydroxyl groups is 1. The highest BCUT2D eigenvalue weighted by Gasteiger charge is 2.41. The lowest BCUT2D eigenvalue weighted by Crippen LogP contribution is -2.55. The van der Waals surface area contributed by atoms with Crippen LogP contribution in [0.5, 0.6) is 0 Å². The molecule has 0 aliphatic rings. The molecule has 0 saturated carbocycles. The van der Waals surface area contributed by atoms with Crippen LogP contribution in [-0.4, -0.2) is 59.6 Å². The molecule has 0 fully saturated rings. The molecule has 0 unspecified atom stereocenters. The number of nitrogens with zero attached hydrogens (tertiary/aromatic N) is 5. The summed E-state index contributed by atoms with van der Waals surface area (Å²) < 4.78 is 5.37. The first-order chi connectivity index (χ1) is 19.7. The van der Waals surface area contributed by atoms with Gasteiger partial charge in [0.25, 0.3) is 17.3 Å². The van der Waals surface area contributed by atoms with Crippen molar-refractivity contribution in [3.05, 3.63) is 73.2 Å². The maximum absolute atomic E-state index is 14.5. The van der Waals surface area contributed by atoms with Gasteiger partial charge in [0, 0.05) is 30.3 Å². The minimum absolute atomic E-state index is 0.124. The van der Waals surface area contributed by atoms with Crippen molar-refractivity contribution in [2.75, 3.05) is 4.90 Å². The average Bonchev–Trinajstić information content (AvgIpc) is 3.61. The number of nitrogens with one attached hydrogen (secondary N) is 2. The van der Waals surface area contributed by atoms with Crippen LogP contribution in [0.4, 0.5) is 21.9 Å². The van der Waals surface area contributed by atoms with E-state index in [4.69, 9.17) is 4.74 Å². The van der Waals surface area contributed by atoms with Crippen LogP contribution < -0.4 is 10.2 Å². The standard InChI is InChI=1S/C26H33N7O8S/c1-15(2)10-21(22(34)23-28-8-9-42-23)31(19-7-6-17(32(37)38)12-20(19)33(39)40)24(35)18(11-16-13-27-14-29-16)30-25(36)41-26(3,4)5/h6-9,12-15,18,21-22,34H,10-11H2,1-5H3,(H,27,29)(H,30,36)/t18-,21-,22+/m0/s1. The minimum Gasteiger partial charge on any atom is -0.444 e. The smallest absolute Gasteiger partial charge is 0.408 e. The highest BCUT2D eigenvalue weighted by Crippen LogP contribution is 2.38. The summed E-state index contributed by atoms with van der Waals surface area (Å²) in [5.74, 6) is -0.956. The number of thiazole rings is 1. The van der Waals surface area contributed by atoms with Crippen LogP contribution in [0.1, 0.15) is 57.8 Å². The first-order valence-corrected chi connectivity index (χ1v) is 13.9. The Morgan fingerprint density at radius 2 is 1.90 bits per heavy atom. The number of aromatic amines is 1. The van der Waals surface area contributed by atoms with Gasteiger partial charge >= 0.3 is 6.09 Å². The summed E-state index contributed by atoms with van der Waals surface area (Å²) in [4.78, 5) is 61.5. The van der Waals surface area contributed by atoms with E-state index in [1.54, 1.807) is 26.2 Å². The lowest BCUT2D eigenvalue weighted by molar-refractivity contribution is -0.393. The second-order valence-corrected chi connectivity index (χ2v) is 11.8. The van der Waals surface area contributed by atoms with Gasteiger partial charge in [-0.05, 0) is 39.2 Å². The second kappa shape index (κ2) is 13.5. The fourth-order valence-electron chi connectivity index (χ4n) is 4.27. The predicted molar refractivity (Wildman–Crippen MR) is 153 cm³/mol. The topological polar surface area (TPSA) is 207 Å². The molecule has 15 nitrogen and oxygen atoms in total. The maximum Gasteiger partial charge on any atom is 0.408 e. The number of anilines is 1. The number of nitro groups is 2. The van der Waals surface area contributed by atoms with E-state index in [0.29, 0.717) is 5.69 Å². The van der Waals surface area contributed by atoms with E-state index in [1.807, 2.05) is 13.8 Å². The van der Waals surface area contributed by atoms with Crippen molar-refractivity contribution >= 4 is 40.4 Å². The summed E-state index contributed by atoms with van der Waals surface area (Å²) in [5, 5.41) is 39.6. The fraction of sp³-hybridized carbons (Fsp3) is 0.462. The van der Waals surface area contributed by atoms with Gasteiger partial charge in [0.05, 0.1) is 34.0 Å². The summed E-state index contributed by atoms with van der Waals surface area (Å²) in [6.07, 6.45) is 2.08. The van der Waals surface area contributed by atoms with E-state index in [2.05, 4.69) is 20.3 Å². The first kappa shape index (κ1) is 32.1. The lowest BCUT2D eigenvalue weighted by Gasteiger charge is -2.37. The van der Waals surface area contributed by atoms with E-state index < -0.39 is 57.0 Å². The third-order valence-electron chi connectivity index (χ3n) is 5.93. The van der Waals surface area contributed by atoms with E-state index in [0.717, 1.165) is 34.4 Å². The van der Waals surface area contributed by atoms with Crippen LogP contribution in [0.25, 0.3) is 0 Å². The molecule has 3 N–H and O–H groups in total. The highest BCUT2D eigenvalue weighted by molar-refractivity contribution is 7.09. The van der Waals surface area contributed by atoms with Crippen molar-refractivity contribution in [1.29, 1.82) is 0 Å². The second-order valence-electron chi connectivity index (χ2n) is 10.9. The number of H-pyrrole nitrogens is 1. The number of rotatable bonds is 12. The number of aromatic nitrogens is 3. The van der Waals surface area contributed by atoms with Crippen LogP contribution in [-0.2, 0) is 16.0 Å². The Balaban J connectivity index is 2.23.